The summed E-state index contributed by atoms with van der Waals surface area (Å²) in [6, 6.07) is 0. The number of alkyl halides is 8. The molecule has 1 nitrogen and oxygen atoms in total. The van der Waals surface area contributed by atoms with E-state index in [1.165, 1.54) is 0 Å². The lowest BCUT2D eigenvalue weighted by Gasteiger charge is -2.33. The van der Waals surface area contributed by atoms with Crippen molar-refractivity contribution < 1.29 is 31.1 Å². The second kappa shape index (κ2) is 7.22. The van der Waals surface area contributed by atoms with E-state index in [2.05, 4.69) is 0 Å². The molecule has 0 aliphatic heterocycles. The SMILES string of the molecule is CC(Cl)(CC(F)C(F)F)OC(C)(Cl)CC(F)C(F)F. The molecule has 4 unspecified atom stereocenters. The standard InChI is InChI=1S/C10H14Cl2F6O/c1-9(11,3-5(13)7(15)16)19-10(2,12)4-6(14)8(17)18/h5-8H,3-4H2,1-2H3. The molecule has 116 valence electrons. The van der Waals surface area contributed by atoms with Crippen molar-refractivity contribution in [1.29, 1.82) is 0 Å². The van der Waals surface area contributed by atoms with Crippen LogP contribution in [0.4, 0.5) is 26.3 Å². The second-order valence-electron chi connectivity index (χ2n) is 4.41. The molecule has 0 heterocycles. The van der Waals surface area contributed by atoms with E-state index in [9.17, 15) is 26.3 Å². The molecule has 4 atom stereocenters. The van der Waals surface area contributed by atoms with Gasteiger partial charge in [-0.2, -0.15) is 0 Å². The lowest BCUT2D eigenvalue weighted by Crippen LogP contribution is -2.39. The third-order valence-electron chi connectivity index (χ3n) is 2.09. The van der Waals surface area contributed by atoms with Crippen LogP contribution in [0.25, 0.3) is 0 Å². The maximum atomic E-state index is 12.8. The first-order chi connectivity index (χ1) is 8.36. The van der Waals surface area contributed by atoms with Crippen LogP contribution in [0.2, 0.25) is 0 Å². The van der Waals surface area contributed by atoms with Crippen molar-refractivity contribution in [3.8, 4) is 0 Å². The second-order valence-corrected chi connectivity index (χ2v) is 6.01. The summed E-state index contributed by atoms with van der Waals surface area (Å²) in [5, 5.41) is -3.93. The van der Waals surface area contributed by atoms with Crippen LogP contribution in [0.3, 0.4) is 0 Å². The average Bonchev–Trinajstić information content (AvgIpc) is 2.13. The molecule has 0 bridgehead atoms. The molecule has 0 fully saturated rings. The molecule has 19 heavy (non-hydrogen) atoms. The van der Waals surface area contributed by atoms with Gasteiger partial charge in [0.05, 0.1) is 0 Å². The van der Waals surface area contributed by atoms with Gasteiger partial charge in [-0.05, 0) is 13.8 Å². The molecule has 0 saturated carbocycles. The number of hydrogen-bond donors (Lipinski definition) is 0. The maximum absolute atomic E-state index is 12.8. The molecule has 0 rings (SSSR count). The number of ether oxygens (including phenoxy) is 1. The van der Waals surface area contributed by atoms with E-state index in [4.69, 9.17) is 27.9 Å². The van der Waals surface area contributed by atoms with Crippen LogP contribution in [0.5, 0.6) is 0 Å². The molecule has 0 spiro atoms. The summed E-state index contributed by atoms with van der Waals surface area (Å²) in [7, 11) is 0. The fraction of sp³-hybridized carbons (Fsp3) is 1.00. The fourth-order valence-corrected chi connectivity index (χ4v) is 2.08. The first-order valence-corrected chi connectivity index (χ1v) is 6.04. The summed E-state index contributed by atoms with van der Waals surface area (Å²) in [6.45, 7) is 2.08. The third-order valence-corrected chi connectivity index (χ3v) is 2.55. The van der Waals surface area contributed by atoms with Gasteiger partial charge in [-0.15, -0.1) is 0 Å². The highest BCUT2D eigenvalue weighted by atomic mass is 35.5. The van der Waals surface area contributed by atoms with E-state index in [-0.39, 0.29) is 0 Å². The Morgan fingerprint density at radius 2 is 1.05 bits per heavy atom. The molecule has 0 amide bonds. The molecule has 0 radical (unpaired) electrons. The zero-order chi connectivity index (χ0) is 15.4. The molecule has 0 aliphatic carbocycles. The Morgan fingerprint density at radius 3 is 1.26 bits per heavy atom. The normalized spacial score (nSPS) is 22.1. The van der Waals surface area contributed by atoms with E-state index in [0.717, 1.165) is 13.8 Å². The van der Waals surface area contributed by atoms with Gasteiger partial charge in [-0.25, -0.2) is 26.3 Å². The van der Waals surface area contributed by atoms with Crippen LogP contribution in [0.15, 0.2) is 0 Å². The summed E-state index contributed by atoms with van der Waals surface area (Å²) in [6.07, 6.45) is -13.5. The summed E-state index contributed by atoms with van der Waals surface area (Å²) in [5.41, 5.74) is 0. The quantitative estimate of drug-likeness (QED) is 0.453. The van der Waals surface area contributed by atoms with Crippen molar-refractivity contribution in [2.24, 2.45) is 0 Å². The van der Waals surface area contributed by atoms with Crippen molar-refractivity contribution in [2.45, 2.75) is 62.0 Å². The number of halogens is 8. The Bertz CT molecular complexity index is 249. The highest BCUT2D eigenvalue weighted by Crippen LogP contribution is 2.36. The summed E-state index contributed by atoms with van der Waals surface area (Å²) < 4.78 is 78.6. The largest absolute Gasteiger partial charge is 0.338 e. The molecule has 0 aromatic heterocycles. The van der Waals surface area contributed by atoms with E-state index >= 15 is 0 Å². The molecule has 0 aromatic rings. The van der Waals surface area contributed by atoms with Gasteiger partial charge in [0.25, 0.3) is 12.9 Å². The van der Waals surface area contributed by atoms with Gasteiger partial charge in [0.1, 0.15) is 10.1 Å². The van der Waals surface area contributed by atoms with Crippen LogP contribution >= 0.6 is 23.2 Å². The van der Waals surface area contributed by atoms with Crippen molar-refractivity contribution in [1.82, 2.24) is 0 Å². The van der Waals surface area contributed by atoms with Gasteiger partial charge >= 0.3 is 0 Å². The number of rotatable bonds is 8. The minimum Gasteiger partial charge on any atom is -0.338 e. The minimum atomic E-state index is -3.27. The van der Waals surface area contributed by atoms with E-state index in [1.807, 2.05) is 0 Å². The van der Waals surface area contributed by atoms with Gasteiger partial charge in [0.2, 0.25) is 0 Å². The molecule has 9 heteroatoms. The molecular formula is C10H14Cl2F6O. The van der Waals surface area contributed by atoms with Crippen molar-refractivity contribution in [3.63, 3.8) is 0 Å². The fourth-order valence-electron chi connectivity index (χ4n) is 1.40. The summed E-state index contributed by atoms with van der Waals surface area (Å²) in [5.74, 6) is 0. The summed E-state index contributed by atoms with van der Waals surface area (Å²) in [4.78, 5) is 0. The van der Waals surface area contributed by atoms with Gasteiger partial charge in [0.15, 0.2) is 12.3 Å². The third kappa shape index (κ3) is 8.09. The van der Waals surface area contributed by atoms with E-state index in [0.29, 0.717) is 0 Å². The number of hydrogen-bond acceptors (Lipinski definition) is 1. The Morgan fingerprint density at radius 1 is 0.789 bits per heavy atom. The van der Waals surface area contributed by atoms with Crippen LogP contribution in [-0.4, -0.2) is 35.3 Å². The summed E-state index contributed by atoms with van der Waals surface area (Å²) >= 11 is 11.3. The van der Waals surface area contributed by atoms with Gasteiger partial charge < -0.3 is 4.74 Å². The Kier molecular flexibility index (Phi) is 7.27. The molecular weight excluding hydrogens is 321 g/mol. The first-order valence-electron chi connectivity index (χ1n) is 5.29. The van der Waals surface area contributed by atoms with Crippen molar-refractivity contribution in [3.05, 3.63) is 0 Å². The van der Waals surface area contributed by atoms with Crippen LogP contribution in [0.1, 0.15) is 26.7 Å². The molecule has 0 N–H and O–H groups in total. The molecule has 0 aliphatic rings. The predicted octanol–water partition coefficient (Wildman–Crippen LogP) is 4.90. The average molecular weight is 335 g/mol. The first kappa shape index (κ1) is 19.1. The van der Waals surface area contributed by atoms with E-state index < -0.39 is 48.2 Å². The zero-order valence-electron chi connectivity index (χ0n) is 10.2. The van der Waals surface area contributed by atoms with E-state index in [1.54, 1.807) is 0 Å². The Labute approximate surface area is 117 Å². The van der Waals surface area contributed by atoms with Gasteiger partial charge in [-0.3, -0.25) is 0 Å². The minimum absolute atomic E-state index is 0.917. The zero-order valence-corrected chi connectivity index (χ0v) is 11.7. The topological polar surface area (TPSA) is 9.23 Å². The smallest absolute Gasteiger partial charge is 0.269 e. The Hall–Kier alpha value is 0.120. The van der Waals surface area contributed by atoms with Gasteiger partial charge in [-0.1, -0.05) is 23.2 Å². The molecule has 0 aromatic carbocycles. The lowest BCUT2D eigenvalue weighted by molar-refractivity contribution is -0.0949. The predicted molar refractivity (Wildman–Crippen MR) is 60.6 cm³/mol. The Balaban J connectivity index is 4.53. The maximum Gasteiger partial charge on any atom is 0.269 e. The molecule has 0 saturated heterocycles. The monoisotopic (exact) mass is 334 g/mol. The highest BCUT2D eigenvalue weighted by molar-refractivity contribution is 6.25. The van der Waals surface area contributed by atoms with Crippen LogP contribution < -0.4 is 0 Å². The highest BCUT2D eigenvalue weighted by Gasteiger charge is 2.40. The van der Waals surface area contributed by atoms with Crippen molar-refractivity contribution >= 4 is 23.2 Å². The van der Waals surface area contributed by atoms with Crippen LogP contribution in [0, 0.1) is 0 Å². The lowest BCUT2D eigenvalue weighted by atomic mass is 10.1. The van der Waals surface area contributed by atoms with Gasteiger partial charge in [0, 0.05) is 12.8 Å². The van der Waals surface area contributed by atoms with Crippen molar-refractivity contribution in [2.75, 3.05) is 0 Å². The van der Waals surface area contributed by atoms with Crippen LogP contribution in [-0.2, 0) is 4.74 Å².